The third-order valence-corrected chi connectivity index (χ3v) is 7.40. The maximum Gasteiger partial charge on any atom is 0.0641 e. The van der Waals surface area contributed by atoms with Gasteiger partial charge in [-0.1, -0.05) is 140 Å². The van der Waals surface area contributed by atoms with Gasteiger partial charge in [-0.15, -0.1) is 0 Å². The highest BCUT2D eigenvalue weighted by molar-refractivity contribution is 5.97. The Balaban J connectivity index is 1.67. The van der Waals surface area contributed by atoms with Crippen molar-refractivity contribution in [2.75, 3.05) is 0 Å². The van der Waals surface area contributed by atoms with Crippen LogP contribution in [0.25, 0.3) is 44.5 Å². The summed E-state index contributed by atoms with van der Waals surface area (Å²) in [5.74, 6) is 0. The minimum absolute atomic E-state index is 0.639. The molecule has 5 aromatic carbocycles. The van der Waals surface area contributed by atoms with E-state index in [4.69, 9.17) is 11.5 Å². The number of nitrogens with two attached hydrogens (primary N) is 2. The standard InChI is InChI=1S/C36H30N2/c37-28-22-24-36(38,25-23-28)34-21-11-20-33(31-18-9-7-16-29(31)26-12-3-1-4-13-26)35(34)32-19-10-8-17-30(32)27-14-5-2-6-15-27/h1-24H,25,37-38H2. The van der Waals surface area contributed by atoms with Gasteiger partial charge in [-0.25, -0.2) is 0 Å². The predicted octanol–water partition coefficient (Wildman–Crippen LogP) is 8.31. The molecule has 1 aliphatic rings. The molecular formula is C36H30N2. The Kier molecular flexibility index (Phi) is 6.25. The molecule has 0 spiro atoms. The molecule has 4 N–H and O–H groups in total. The first-order valence-corrected chi connectivity index (χ1v) is 13.0. The molecule has 0 fully saturated rings. The highest BCUT2D eigenvalue weighted by atomic mass is 14.7. The minimum Gasteiger partial charge on any atom is -0.399 e. The van der Waals surface area contributed by atoms with Crippen LogP contribution in [-0.4, -0.2) is 0 Å². The van der Waals surface area contributed by atoms with E-state index in [9.17, 15) is 0 Å². The van der Waals surface area contributed by atoms with Crippen molar-refractivity contribution in [2.24, 2.45) is 11.5 Å². The van der Waals surface area contributed by atoms with Crippen LogP contribution in [0.1, 0.15) is 12.0 Å². The second-order valence-electron chi connectivity index (χ2n) is 9.83. The molecule has 0 radical (unpaired) electrons. The first-order valence-electron chi connectivity index (χ1n) is 13.0. The van der Waals surface area contributed by atoms with Crippen molar-refractivity contribution >= 4 is 0 Å². The number of allylic oxidation sites excluding steroid dienone is 1. The SMILES string of the molecule is NC1=CCC(N)(c2cccc(-c3ccccc3-c3ccccc3)c2-c2ccccc2-c2ccccc2)C=C1. The zero-order chi connectivity index (χ0) is 26.0. The molecule has 38 heavy (non-hydrogen) atoms. The number of hydrogen-bond acceptors (Lipinski definition) is 2. The van der Waals surface area contributed by atoms with Crippen LogP contribution in [0.5, 0.6) is 0 Å². The van der Waals surface area contributed by atoms with Gasteiger partial charge < -0.3 is 11.5 Å². The van der Waals surface area contributed by atoms with Crippen LogP contribution in [0.2, 0.25) is 0 Å². The second-order valence-corrected chi connectivity index (χ2v) is 9.83. The Morgan fingerprint density at radius 1 is 0.500 bits per heavy atom. The molecule has 2 heteroatoms. The lowest BCUT2D eigenvalue weighted by molar-refractivity contribution is 0.564. The highest BCUT2D eigenvalue weighted by Crippen LogP contribution is 2.46. The lowest BCUT2D eigenvalue weighted by Gasteiger charge is -2.32. The predicted molar refractivity (Wildman–Crippen MR) is 160 cm³/mol. The van der Waals surface area contributed by atoms with Gasteiger partial charge in [0.2, 0.25) is 0 Å². The second kappa shape index (κ2) is 10.0. The Hall–Kier alpha value is -4.66. The van der Waals surface area contributed by atoms with E-state index in [0.717, 1.165) is 28.0 Å². The summed E-state index contributed by atoms with van der Waals surface area (Å²) in [5, 5.41) is 0. The maximum atomic E-state index is 7.18. The van der Waals surface area contributed by atoms with Crippen molar-refractivity contribution < 1.29 is 0 Å². The number of benzene rings is 5. The summed E-state index contributed by atoms with van der Waals surface area (Å²) in [6, 6.07) is 44.9. The van der Waals surface area contributed by atoms with Gasteiger partial charge in [-0.3, -0.25) is 0 Å². The van der Waals surface area contributed by atoms with Gasteiger partial charge >= 0.3 is 0 Å². The van der Waals surface area contributed by atoms with Crippen molar-refractivity contribution in [3.63, 3.8) is 0 Å². The third-order valence-electron chi connectivity index (χ3n) is 7.40. The van der Waals surface area contributed by atoms with Gasteiger partial charge in [0, 0.05) is 5.70 Å². The fourth-order valence-corrected chi connectivity index (χ4v) is 5.48. The third kappa shape index (κ3) is 4.36. The number of hydrogen-bond donors (Lipinski definition) is 2. The van der Waals surface area contributed by atoms with E-state index in [1.165, 1.54) is 27.8 Å². The van der Waals surface area contributed by atoms with E-state index in [-0.39, 0.29) is 0 Å². The van der Waals surface area contributed by atoms with Crippen molar-refractivity contribution in [2.45, 2.75) is 12.0 Å². The molecule has 5 aromatic rings. The monoisotopic (exact) mass is 490 g/mol. The van der Waals surface area contributed by atoms with Crippen LogP contribution in [0.15, 0.2) is 151 Å². The normalized spacial score (nSPS) is 16.7. The molecular weight excluding hydrogens is 460 g/mol. The smallest absolute Gasteiger partial charge is 0.0641 e. The molecule has 1 atom stereocenters. The summed E-state index contributed by atoms with van der Waals surface area (Å²) in [6.07, 6.45) is 6.65. The fraction of sp³-hybridized carbons (Fsp3) is 0.0556. The lowest BCUT2D eigenvalue weighted by atomic mass is 9.76. The summed E-state index contributed by atoms with van der Waals surface area (Å²) < 4.78 is 0. The molecule has 1 aliphatic carbocycles. The van der Waals surface area contributed by atoms with Gasteiger partial charge in [0.15, 0.2) is 0 Å². The topological polar surface area (TPSA) is 52.0 Å². The van der Waals surface area contributed by atoms with Gasteiger partial charge in [-0.05, 0) is 62.6 Å². The molecule has 0 bridgehead atoms. The Labute approximate surface area is 224 Å². The summed E-state index contributed by atoms with van der Waals surface area (Å²) in [5.41, 5.74) is 23.8. The van der Waals surface area contributed by atoms with Crippen molar-refractivity contribution in [3.8, 4) is 44.5 Å². The summed E-state index contributed by atoms with van der Waals surface area (Å²) in [6.45, 7) is 0. The van der Waals surface area contributed by atoms with Crippen molar-refractivity contribution in [1.29, 1.82) is 0 Å². The molecule has 0 heterocycles. The first-order chi connectivity index (χ1) is 18.6. The first kappa shape index (κ1) is 23.7. The molecule has 6 rings (SSSR count). The zero-order valence-electron chi connectivity index (χ0n) is 21.2. The van der Waals surface area contributed by atoms with E-state index in [1.54, 1.807) is 0 Å². The van der Waals surface area contributed by atoms with Gasteiger partial charge in [-0.2, -0.15) is 0 Å². The van der Waals surface area contributed by atoms with E-state index in [2.05, 4.69) is 133 Å². The molecule has 0 aliphatic heterocycles. The molecule has 0 saturated carbocycles. The summed E-state index contributed by atoms with van der Waals surface area (Å²) in [7, 11) is 0. The van der Waals surface area contributed by atoms with Crippen molar-refractivity contribution in [1.82, 2.24) is 0 Å². The largest absolute Gasteiger partial charge is 0.399 e. The average Bonchev–Trinajstić information content (AvgIpc) is 2.99. The molecule has 184 valence electrons. The van der Waals surface area contributed by atoms with Gasteiger partial charge in [0.1, 0.15) is 0 Å². The quantitative estimate of drug-likeness (QED) is 0.260. The molecule has 2 nitrogen and oxygen atoms in total. The van der Waals surface area contributed by atoms with Crippen LogP contribution in [0, 0.1) is 0 Å². The van der Waals surface area contributed by atoms with E-state index < -0.39 is 5.54 Å². The molecule has 0 amide bonds. The lowest BCUT2D eigenvalue weighted by Crippen LogP contribution is -2.36. The zero-order valence-corrected chi connectivity index (χ0v) is 21.2. The van der Waals surface area contributed by atoms with E-state index in [0.29, 0.717) is 6.42 Å². The van der Waals surface area contributed by atoms with Gasteiger partial charge in [0.05, 0.1) is 5.54 Å². The Morgan fingerprint density at radius 3 is 1.58 bits per heavy atom. The van der Waals surface area contributed by atoms with Crippen LogP contribution >= 0.6 is 0 Å². The van der Waals surface area contributed by atoms with Crippen LogP contribution in [-0.2, 0) is 5.54 Å². The van der Waals surface area contributed by atoms with Crippen LogP contribution < -0.4 is 11.5 Å². The van der Waals surface area contributed by atoms with Gasteiger partial charge in [0.25, 0.3) is 0 Å². The van der Waals surface area contributed by atoms with E-state index >= 15 is 0 Å². The maximum absolute atomic E-state index is 7.18. The van der Waals surface area contributed by atoms with Crippen LogP contribution in [0.4, 0.5) is 0 Å². The van der Waals surface area contributed by atoms with Crippen molar-refractivity contribution in [3.05, 3.63) is 157 Å². The average molecular weight is 491 g/mol. The Morgan fingerprint density at radius 2 is 1.00 bits per heavy atom. The summed E-state index contributed by atoms with van der Waals surface area (Å²) in [4.78, 5) is 0. The molecule has 1 unspecified atom stereocenters. The number of rotatable bonds is 5. The fourth-order valence-electron chi connectivity index (χ4n) is 5.48. The van der Waals surface area contributed by atoms with E-state index in [1.807, 2.05) is 12.2 Å². The van der Waals surface area contributed by atoms with Crippen LogP contribution in [0.3, 0.4) is 0 Å². The Bertz CT molecular complexity index is 1650. The minimum atomic E-state index is -0.681. The highest BCUT2D eigenvalue weighted by Gasteiger charge is 2.31. The summed E-state index contributed by atoms with van der Waals surface area (Å²) >= 11 is 0. The molecule has 0 saturated heterocycles. The molecule has 0 aromatic heterocycles.